The molecule has 0 N–H and O–H groups in total. The summed E-state index contributed by atoms with van der Waals surface area (Å²) in [6.45, 7) is 0.529. The summed E-state index contributed by atoms with van der Waals surface area (Å²) in [6.07, 6.45) is -3.82. The lowest BCUT2D eigenvalue weighted by Gasteiger charge is -2.36. The molecule has 130 valence electrons. The van der Waals surface area contributed by atoms with E-state index < -0.39 is 22.1 Å². The molecular weight excluding hydrogens is 351 g/mol. The maximum absolute atomic E-state index is 12.4. The van der Waals surface area contributed by atoms with Crippen molar-refractivity contribution in [3.63, 3.8) is 0 Å². The molecule has 24 heavy (non-hydrogen) atoms. The number of rotatable bonds is 4. The summed E-state index contributed by atoms with van der Waals surface area (Å²) < 4.78 is 70.8. The molecule has 0 saturated carbocycles. The molecule has 2 aromatic rings. The molecule has 1 aromatic heterocycles. The van der Waals surface area contributed by atoms with E-state index in [0.717, 1.165) is 6.26 Å². The van der Waals surface area contributed by atoms with Crippen LogP contribution in [0.1, 0.15) is 5.89 Å². The highest BCUT2D eigenvalue weighted by molar-refractivity contribution is 7.88. The first-order valence-corrected chi connectivity index (χ1v) is 8.61. The molecule has 1 saturated heterocycles. The van der Waals surface area contributed by atoms with E-state index in [-0.39, 0.29) is 25.0 Å². The zero-order chi connectivity index (χ0) is 17.5. The van der Waals surface area contributed by atoms with Crippen molar-refractivity contribution in [3.05, 3.63) is 30.2 Å². The molecule has 0 amide bonds. The largest absolute Gasteiger partial charge is 0.488 e. The van der Waals surface area contributed by atoms with Gasteiger partial charge in [-0.3, -0.25) is 0 Å². The van der Waals surface area contributed by atoms with Gasteiger partial charge in [-0.05, 0) is 24.3 Å². The fourth-order valence-corrected chi connectivity index (χ4v) is 2.95. The number of sulfonamides is 1. The first-order chi connectivity index (χ1) is 11.1. The molecule has 1 aliphatic rings. The van der Waals surface area contributed by atoms with Crippen molar-refractivity contribution in [2.75, 3.05) is 19.3 Å². The van der Waals surface area contributed by atoms with Crippen LogP contribution in [0.15, 0.2) is 28.8 Å². The van der Waals surface area contributed by atoms with Gasteiger partial charge in [0.15, 0.2) is 0 Å². The van der Waals surface area contributed by atoms with Gasteiger partial charge in [-0.25, -0.2) is 8.42 Å². The Hall–Kier alpha value is -2.14. The van der Waals surface area contributed by atoms with Crippen LogP contribution in [0.25, 0.3) is 11.4 Å². The minimum absolute atomic E-state index is 0.180. The Kier molecular flexibility index (Phi) is 4.00. The van der Waals surface area contributed by atoms with Crippen LogP contribution in [-0.4, -0.2) is 48.3 Å². The number of ether oxygens (including phenoxy) is 1. The molecule has 1 fully saturated rings. The number of hydrogen-bond acceptors (Lipinski definition) is 6. The summed E-state index contributed by atoms with van der Waals surface area (Å²) in [5.74, 6) is -1.12. The SMILES string of the molecule is CS(=O)(=O)N1CC(Oc2ccc(-c3noc(C(F)(F)F)n3)cc2)C1. The van der Waals surface area contributed by atoms with Crippen LogP contribution in [0.3, 0.4) is 0 Å². The Bertz CT molecular complexity index is 827. The highest BCUT2D eigenvalue weighted by Gasteiger charge is 2.38. The zero-order valence-electron chi connectivity index (χ0n) is 12.3. The van der Waals surface area contributed by atoms with Crippen LogP contribution in [0.2, 0.25) is 0 Å². The highest BCUT2D eigenvalue weighted by Crippen LogP contribution is 2.30. The van der Waals surface area contributed by atoms with E-state index in [2.05, 4.69) is 14.7 Å². The predicted molar refractivity (Wildman–Crippen MR) is 75.6 cm³/mol. The number of benzene rings is 1. The molecule has 2 heterocycles. The summed E-state index contributed by atoms with van der Waals surface area (Å²) in [4.78, 5) is 3.29. The highest BCUT2D eigenvalue weighted by atomic mass is 32.2. The van der Waals surface area contributed by atoms with Gasteiger partial charge in [0.1, 0.15) is 11.9 Å². The van der Waals surface area contributed by atoms with Crippen molar-refractivity contribution in [3.8, 4) is 17.1 Å². The fraction of sp³-hybridized carbons (Fsp3) is 0.385. The first kappa shape index (κ1) is 16.7. The molecule has 0 unspecified atom stereocenters. The summed E-state index contributed by atoms with van der Waals surface area (Å²) in [6, 6.07) is 6.07. The zero-order valence-corrected chi connectivity index (χ0v) is 13.1. The normalized spacial score (nSPS) is 16.8. The van der Waals surface area contributed by atoms with Crippen molar-refractivity contribution in [1.82, 2.24) is 14.4 Å². The van der Waals surface area contributed by atoms with Crippen LogP contribution in [-0.2, 0) is 16.2 Å². The third-order valence-electron chi connectivity index (χ3n) is 3.37. The molecule has 11 heteroatoms. The van der Waals surface area contributed by atoms with Crippen LogP contribution < -0.4 is 4.74 Å². The van der Waals surface area contributed by atoms with Crippen LogP contribution in [0.4, 0.5) is 13.2 Å². The van der Waals surface area contributed by atoms with Gasteiger partial charge >= 0.3 is 12.1 Å². The van der Waals surface area contributed by atoms with Crippen molar-refractivity contribution in [2.45, 2.75) is 12.3 Å². The lowest BCUT2D eigenvalue weighted by atomic mass is 10.2. The molecular formula is C13H12F3N3O4S. The van der Waals surface area contributed by atoms with Crippen LogP contribution >= 0.6 is 0 Å². The first-order valence-electron chi connectivity index (χ1n) is 6.76. The molecule has 0 spiro atoms. The van der Waals surface area contributed by atoms with Gasteiger partial charge in [-0.15, -0.1) is 0 Å². The smallest absolute Gasteiger partial charge is 0.471 e. The molecule has 7 nitrogen and oxygen atoms in total. The number of hydrogen-bond donors (Lipinski definition) is 0. The minimum atomic E-state index is -4.69. The minimum Gasteiger partial charge on any atom is -0.488 e. The lowest BCUT2D eigenvalue weighted by Crippen LogP contribution is -2.55. The van der Waals surface area contributed by atoms with Gasteiger partial charge in [-0.2, -0.15) is 22.5 Å². The summed E-state index contributed by atoms with van der Waals surface area (Å²) in [5.41, 5.74) is 0.341. The monoisotopic (exact) mass is 363 g/mol. The number of alkyl halides is 3. The Balaban J connectivity index is 1.63. The molecule has 1 aromatic carbocycles. The van der Waals surface area contributed by atoms with Crippen molar-refractivity contribution >= 4 is 10.0 Å². The van der Waals surface area contributed by atoms with E-state index in [1.807, 2.05) is 0 Å². The maximum Gasteiger partial charge on any atom is 0.471 e. The lowest BCUT2D eigenvalue weighted by molar-refractivity contribution is -0.159. The quantitative estimate of drug-likeness (QED) is 0.823. The van der Waals surface area contributed by atoms with Gasteiger partial charge in [0, 0.05) is 5.56 Å². The van der Waals surface area contributed by atoms with E-state index in [0.29, 0.717) is 11.3 Å². The number of halogens is 3. The number of nitrogens with zero attached hydrogens (tertiary/aromatic N) is 3. The van der Waals surface area contributed by atoms with E-state index in [9.17, 15) is 21.6 Å². The summed E-state index contributed by atoms with van der Waals surface area (Å²) >= 11 is 0. The van der Waals surface area contributed by atoms with Gasteiger partial charge in [-0.1, -0.05) is 5.16 Å². The Morgan fingerprint density at radius 1 is 1.25 bits per heavy atom. The number of aromatic nitrogens is 2. The third kappa shape index (κ3) is 3.51. The second kappa shape index (κ2) is 5.74. The second-order valence-corrected chi connectivity index (χ2v) is 7.25. The molecule has 0 atom stereocenters. The topological polar surface area (TPSA) is 85.5 Å². The van der Waals surface area contributed by atoms with E-state index in [1.165, 1.54) is 16.4 Å². The second-order valence-electron chi connectivity index (χ2n) is 5.27. The average Bonchev–Trinajstić information content (AvgIpc) is 2.91. The van der Waals surface area contributed by atoms with E-state index in [4.69, 9.17) is 4.74 Å². The van der Waals surface area contributed by atoms with Gasteiger partial charge in [0.05, 0.1) is 19.3 Å². The van der Waals surface area contributed by atoms with E-state index in [1.54, 1.807) is 12.1 Å². The Morgan fingerprint density at radius 2 is 1.88 bits per heavy atom. The standard InChI is InChI=1S/C13H12F3N3O4S/c1-24(20,21)19-6-10(7-19)22-9-4-2-8(3-5-9)11-17-12(23-18-11)13(14,15)16/h2-5,10H,6-7H2,1H3. The van der Waals surface area contributed by atoms with Crippen molar-refractivity contribution in [2.24, 2.45) is 0 Å². The molecule has 3 rings (SSSR count). The molecule has 1 aliphatic heterocycles. The van der Waals surface area contributed by atoms with Gasteiger partial charge in [0.25, 0.3) is 0 Å². The maximum atomic E-state index is 12.4. The van der Waals surface area contributed by atoms with E-state index >= 15 is 0 Å². The van der Waals surface area contributed by atoms with Crippen LogP contribution in [0.5, 0.6) is 5.75 Å². The van der Waals surface area contributed by atoms with Gasteiger partial charge < -0.3 is 9.26 Å². The molecule has 0 radical (unpaired) electrons. The Morgan fingerprint density at radius 3 is 2.38 bits per heavy atom. The van der Waals surface area contributed by atoms with Crippen LogP contribution in [0, 0.1) is 0 Å². The summed E-state index contributed by atoms with van der Waals surface area (Å²) in [5, 5.41) is 3.29. The van der Waals surface area contributed by atoms with Crippen molar-refractivity contribution in [1.29, 1.82) is 0 Å². The Labute approximate surface area is 135 Å². The average molecular weight is 363 g/mol. The van der Waals surface area contributed by atoms with Gasteiger partial charge in [0.2, 0.25) is 15.8 Å². The molecule has 0 bridgehead atoms. The summed E-state index contributed by atoms with van der Waals surface area (Å²) in [7, 11) is -3.21. The predicted octanol–water partition coefficient (Wildman–Crippen LogP) is 1.78. The van der Waals surface area contributed by atoms with Crippen molar-refractivity contribution < 1.29 is 30.8 Å². The third-order valence-corrected chi connectivity index (χ3v) is 4.60. The fourth-order valence-electron chi connectivity index (χ4n) is 2.08. The molecule has 0 aliphatic carbocycles.